The highest BCUT2D eigenvalue weighted by atomic mass is 32.3. The number of halogens is 3. The molecule has 0 atom stereocenters. The van der Waals surface area contributed by atoms with Gasteiger partial charge in [-0.2, -0.15) is 4.31 Å². The molecule has 1 saturated heterocycles. The van der Waals surface area contributed by atoms with Gasteiger partial charge in [0.05, 0.1) is 13.2 Å². The third-order valence-corrected chi connectivity index (χ3v) is 3.16. The molecule has 0 unspecified atom stereocenters. The molecule has 1 aliphatic rings. The molecule has 1 aliphatic heterocycles. The Labute approximate surface area is 109 Å². The average Bonchev–Trinajstić information content (AvgIpc) is 2.86. The van der Waals surface area contributed by atoms with Crippen LogP contribution in [0.1, 0.15) is 12.8 Å². The van der Waals surface area contributed by atoms with E-state index in [4.69, 9.17) is 4.74 Å². The van der Waals surface area contributed by atoms with Crippen molar-refractivity contribution in [3.05, 3.63) is 0 Å². The fourth-order valence-electron chi connectivity index (χ4n) is 1.22. The fraction of sp³-hybridized carbons (Fsp3) is 1.00. The highest BCUT2D eigenvalue weighted by Crippen LogP contribution is 2.56. The third-order valence-electron chi connectivity index (χ3n) is 2.21. The highest BCUT2D eigenvalue weighted by molar-refractivity contribution is 8.18. The van der Waals surface area contributed by atoms with Gasteiger partial charge in [0, 0.05) is 40.5 Å². The van der Waals surface area contributed by atoms with Crippen molar-refractivity contribution in [3.63, 3.8) is 0 Å². The maximum absolute atomic E-state index is 12.3. The Morgan fingerprint density at radius 2 is 1.44 bits per heavy atom. The molecule has 4 nitrogen and oxygen atoms in total. The number of ether oxygens (including phenoxy) is 3. The van der Waals surface area contributed by atoms with Gasteiger partial charge >= 0.3 is 0 Å². The van der Waals surface area contributed by atoms with Crippen LogP contribution in [0.5, 0.6) is 0 Å². The number of methoxy groups -OCH3 is 2. The Hall–Kier alpha value is -0.0200. The summed E-state index contributed by atoms with van der Waals surface area (Å²) >= 11 is -5.14. The van der Waals surface area contributed by atoms with Crippen molar-refractivity contribution in [3.8, 4) is 0 Å². The maximum Gasteiger partial charge on any atom is 0.278 e. The summed E-state index contributed by atoms with van der Waals surface area (Å²) in [4.78, 5) is 0. The Morgan fingerprint density at radius 1 is 1.00 bits per heavy atom. The Balaban J connectivity index is 0.000000473. The van der Waals surface area contributed by atoms with E-state index in [1.54, 1.807) is 0 Å². The molecule has 0 aromatic heterocycles. The summed E-state index contributed by atoms with van der Waals surface area (Å²) in [6.07, 6.45) is 2.56. The number of nitrogens with zero attached hydrogens (tertiary/aromatic N) is 1. The van der Waals surface area contributed by atoms with Crippen LogP contribution >= 0.6 is 11.4 Å². The van der Waals surface area contributed by atoms with E-state index in [1.807, 2.05) is 0 Å². The molecule has 18 heavy (non-hydrogen) atoms. The minimum Gasteiger partial charge on any atom is -0.383 e. The second-order valence-corrected chi connectivity index (χ2v) is 4.90. The predicted molar refractivity (Wildman–Crippen MR) is 66.3 cm³/mol. The smallest absolute Gasteiger partial charge is 0.278 e. The first-order valence-corrected chi connectivity index (χ1v) is 7.04. The molecule has 0 bridgehead atoms. The summed E-state index contributed by atoms with van der Waals surface area (Å²) in [7, 11) is 2.75. The van der Waals surface area contributed by atoms with Crippen LogP contribution in [0.3, 0.4) is 0 Å². The van der Waals surface area contributed by atoms with Gasteiger partial charge in [0.15, 0.2) is 0 Å². The molecule has 0 amide bonds. The van der Waals surface area contributed by atoms with Crippen LogP contribution in [0.25, 0.3) is 0 Å². The first-order valence-electron chi connectivity index (χ1n) is 5.75. The monoisotopic (exact) mass is 293 g/mol. The zero-order valence-corrected chi connectivity index (χ0v) is 11.7. The Morgan fingerprint density at radius 3 is 1.67 bits per heavy atom. The molecule has 0 radical (unpaired) electrons. The molecule has 0 aliphatic carbocycles. The van der Waals surface area contributed by atoms with Gasteiger partial charge in [-0.3, -0.25) is 0 Å². The maximum atomic E-state index is 12.3. The lowest BCUT2D eigenvalue weighted by Gasteiger charge is -2.26. The first-order chi connectivity index (χ1) is 8.52. The van der Waals surface area contributed by atoms with Crippen molar-refractivity contribution >= 4 is 11.4 Å². The summed E-state index contributed by atoms with van der Waals surface area (Å²) in [6.45, 7) is 1.91. The number of rotatable bonds is 7. The molecule has 0 spiro atoms. The van der Waals surface area contributed by atoms with Crippen LogP contribution in [0.2, 0.25) is 0 Å². The molecular weight excluding hydrogens is 271 g/mol. The summed E-state index contributed by atoms with van der Waals surface area (Å²) < 4.78 is 51.3. The van der Waals surface area contributed by atoms with Gasteiger partial charge in [0.25, 0.3) is 11.4 Å². The number of hydrogen-bond donors (Lipinski definition) is 0. The first kappa shape index (κ1) is 18.0. The topological polar surface area (TPSA) is 30.9 Å². The van der Waals surface area contributed by atoms with Crippen molar-refractivity contribution in [1.82, 2.24) is 4.31 Å². The van der Waals surface area contributed by atoms with E-state index in [1.165, 1.54) is 27.1 Å². The Bertz CT molecular complexity index is 176. The fourth-order valence-corrected chi connectivity index (χ4v) is 1.78. The summed E-state index contributed by atoms with van der Waals surface area (Å²) in [5, 5.41) is 0. The molecule has 8 heteroatoms. The van der Waals surface area contributed by atoms with E-state index < -0.39 is 11.4 Å². The second-order valence-electron chi connectivity index (χ2n) is 3.62. The lowest BCUT2D eigenvalue weighted by atomic mass is 10.4. The summed E-state index contributed by atoms with van der Waals surface area (Å²) in [5.74, 6) is 0. The predicted octanol–water partition coefficient (Wildman–Crippen LogP) is 2.75. The summed E-state index contributed by atoms with van der Waals surface area (Å²) in [5.41, 5.74) is 0. The highest BCUT2D eigenvalue weighted by Gasteiger charge is 2.30. The average molecular weight is 293 g/mol. The van der Waals surface area contributed by atoms with E-state index in [9.17, 15) is 11.7 Å². The van der Waals surface area contributed by atoms with Gasteiger partial charge < -0.3 is 14.2 Å². The lowest BCUT2D eigenvalue weighted by Crippen LogP contribution is -2.28. The molecule has 112 valence electrons. The minimum absolute atomic E-state index is 0.0796. The van der Waals surface area contributed by atoms with E-state index in [2.05, 4.69) is 9.47 Å². The zero-order valence-electron chi connectivity index (χ0n) is 10.9. The largest absolute Gasteiger partial charge is 0.383 e. The molecule has 1 rings (SSSR count). The second kappa shape index (κ2) is 10.9. The quantitative estimate of drug-likeness (QED) is 0.722. The standard InChI is InChI=1S/C6H14F3NO2S.C4H8O/c1-11-5-3-10(4-6-12-2)13(7,8)9;1-2-4-5-3-1/h3-6H2,1-2H3;1-4H2. The molecular formula is C10H22F3NO3S. The van der Waals surface area contributed by atoms with E-state index in [0.29, 0.717) is 4.31 Å². The van der Waals surface area contributed by atoms with Gasteiger partial charge in [-0.25, -0.2) is 0 Å². The van der Waals surface area contributed by atoms with Crippen molar-refractivity contribution in [1.29, 1.82) is 0 Å². The number of hydrogen-bond acceptors (Lipinski definition) is 4. The van der Waals surface area contributed by atoms with Crippen molar-refractivity contribution in [2.45, 2.75) is 12.8 Å². The van der Waals surface area contributed by atoms with Crippen molar-refractivity contribution in [2.24, 2.45) is 0 Å². The Kier molecular flexibility index (Phi) is 10.8. The molecule has 1 heterocycles. The van der Waals surface area contributed by atoms with Crippen LogP contribution in [0, 0.1) is 0 Å². The van der Waals surface area contributed by atoms with E-state index >= 15 is 0 Å². The minimum atomic E-state index is -5.14. The molecule has 0 aromatic rings. The molecule has 0 aromatic carbocycles. The van der Waals surface area contributed by atoms with Crippen molar-refractivity contribution < 1.29 is 25.9 Å². The van der Waals surface area contributed by atoms with E-state index in [0.717, 1.165) is 13.2 Å². The van der Waals surface area contributed by atoms with E-state index in [-0.39, 0.29) is 26.3 Å². The lowest BCUT2D eigenvalue weighted by molar-refractivity contribution is 0.147. The van der Waals surface area contributed by atoms with Gasteiger partial charge in [-0.15, -0.1) is 11.7 Å². The third kappa shape index (κ3) is 9.95. The van der Waals surface area contributed by atoms with Gasteiger partial charge in [0.2, 0.25) is 0 Å². The van der Waals surface area contributed by atoms with Crippen LogP contribution in [0.4, 0.5) is 11.7 Å². The van der Waals surface area contributed by atoms with Crippen LogP contribution in [0.15, 0.2) is 0 Å². The van der Waals surface area contributed by atoms with Crippen LogP contribution in [-0.2, 0) is 14.2 Å². The zero-order chi connectivity index (χ0) is 13.9. The van der Waals surface area contributed by atoms with Gasteiger partial charge in [-0.05, 0) is 12.8 Å². The normalized spacial score (nSPS) is 16.6. The van der Waals surface area contributed by atoms with Crippen molar-refractivity contribution in [2.75, 3.05) is 53.7 Å². The van der Waals surface area contributed by atoms with Gasteiger partial charge in [-0.1, -0.05) is 0 Å². The van der Waals surface area contributed by atoms with Crippen LogP contribution < -0.4 is 0 Å². The SMILES string of the molecule is C1CCOC1.COCCN(CCOC)S(F)(F)F. The molecule has 0 saturated carbocycles. The molecule has 1 fully saturated rings. The summed E-state index contributed by atoms with van der Waals surface area (Å²) in [6, 6.07) is 0. The van der Waals surface area contributed by atoms with Gasteiger partial charge in [0.1, 0.15) is 0 Å². The van der Waals surface area contributed by atoms with Crippen LogP contribution in [-0.4, -0.2) is 58.0 Å². The molecule has 0 N–H and O–H groups in total.